The lowest BCUT2D eigenvalue weighted by Crippen LogP contribution is -2.21. The van der Waals surface area contributed by atoms with E-state index in [4.69, 9.17) is 21.6 Å². The lowest BCUT2D eigenvalue weighted by atomic mass is 10.2. The molecular weight excluding hydrogens is 304 g/mol. The van der Waals surface area contributed by atoms with E-state index in [1.807, 2.05) is 6.07 Å². The maximum absolute atomic E-state index is 11.8. The van der Waals surface area contributed by atoms with E-state index < -0.39 is 18.5 Å². The predicted octanol–water partition coefficient (Wildman–Crippen LogP) is 3.01. The molecule has 0 heterocycles. The molecule has 0 aliphatic heterocycles. The maximum Gasteiger partial charge on any atom is 0.340 e. The quantitative estimate of drug-likeness (QED) is 0.880. The molecule has 2 aromatic carbocycles. The van der Waals surface area contributed by atoms with Crippen LogP contribution in [-0.4, -0.2) is 18.5 Å². The molecule has 22 heavy (non-hydrogen) atoms. The van der Waals surface area contributed by atoms with Crippen LogP contribution in [0.15, 0.2) is 48.5 Å². The van der Waals surface area contributed by atoms with Gasteiger partial charge in [-0.1, -0.05) is 29.8 Å². The molecule has 0 aliphatic rings. The number of hydrogen-bond acceptors (Lipinski definition) is 4. The average molecular weight is 315 g/mol. The van der Waals surface area contributed by atoms with Crippen molar-refractivity contribution in [1.29, 1.82) is 5.26 Å². The van der Waals surface area contributed by atoms with E-state index in [0.29, 0.717) is 11.3 Å². The molecule has 1 N–H and O–H groups in total. The summed E-state index contributed by atoms with van der Waals surface area (Å²) in [6.45, 7) is -0.444. The van der Waals surface area contributed by atoms with Crippen molar-refractivity contribution in [3.63, 3.8) is 0 Å². The zero-order valence-corrected chi connectivity index (χ0v) is 12.1. The third-order valence-electron chi connectivity index (χ3n) is 2.70. The number of carbonyl (C=O) groups excluding carboxylic acids is 2. The minimum Gasteiger partial charge on any atom is -0.452 e. The van der Waals surface area contributed by atoms with Crippen LogP contribution in [-0.2, 0) is 9.53 Å². The molecule has 0 atom stereocenters. The molecule has 0 spiro atoms. The third-order valence-corrected chi connectivity index (χ3v) is 3.03. The molecule has 0 aromatic heterocycles. The fourth-order valence-corrected chi connectivity index (χ4v) is 1.91. The summed E-state index contributed by atoms with van der Waals surface area (Å²) >= 11 is 5.87. The van der Waals surface area contributed by atoms with Crippen LogP contribution in [0.5, 0.6) is 0 Å². The number of benzene rings is 2. The highest BCUT2D eigenvalue weighted by Crippen LogP contribution is 2.16. The van der Waals surface area contributed by atoms with E-state index in [2.05, 4.69) is 5.32 Å². The molecule has 0 fully saturated rings. The highest BCUT2D eigenvalue weighted by molar-refractivity contribution is 6.33. The molecule has 0 bridgehead atoms. The van der Waals surface area contributed by atoms with Crippen molar-refractivity contribution in [2.75, 3.05) is 11.9 Å². The normalized spacial score (nSPS) is 9.64. The Morgan fingerprint density at radius 3 is 2.68 bits per heavy atom. The van der Waals surface area contributed by atoms with Gasteiger partial charge in [0, 0.05) is 5.69 Å². The van der Waals surface area contributed by atoms with Crippen molar-refractivity contribution >= 4 is 29.2 Å². The molecule has 5 nitrogen and oxygen atoms in total. The Bertz CT molecular complexity index is 753. The van der Waals surface area contributed by atoms with Crippen molar-refractivity contribution < 1.29 is 14.3 Å². The van der Waals surface area contributed by atoms with Gasteiger partial charge in [-0.05, 0) is 30.3 Å². The number of esters is 1. The van der Waals surface area contributed by atoms with Crippen LogP contribution < -0.4 is 5.32 Å². The Hall–Kier alpha value is -2.84. The Morgan fingerprint density at radius 2 is 1.95 bits per heavy atom. The Kier molecular flexibility index (Phi) is 5.12. The van der Waals surface area contributed by atoms with E-state index in [9.17, 15) is 9.59 Å². The Labute approximate surface area is 132 Å². The monoisotopic (exact) mass is 314 g/mol. The van der Waals surface area contributed by atoms with Gasteiger partial charge in [-0.25, -0.2) is 4.79 Å². The number of nitrogens with one attached hydrogen (secondary N) is 1. The zero-order chi connectivity index (χ0) is 15.9. The molecule has 1 amide bonds. The number of nitrogens with zero attached hydrogens (tertiary/aromatic N) is 1. The van der Waals surface area contributed by atoms with Gasteiger partial charge in [-0.3, -0.25) is 4.79 Å². The van der Waals surface area contributed by atoms with E-state index in [1.54, 1.807) is 36.4 Å². The van der Waals surface area contributed by atoms with Crippen molar-refractivity contribution in [2.45, 2.75) is 0 Å². The summed E-state index contributed by atoms with van der Waals surface area (Å²) in [6, 6.07) is 14.8. The molecule has 0 unspecified atom stereocenters. The number of amides is 1. The number of nitriles is 1. The number of anilines is 1. The molecule has 2 aromatic rings. The van der Waals surface area contributed by atoms with Crippen LogP contribution in [0.3, 0.4) is 0 Å². The Balaban J connectivity index is 1.92. The number of hydrogen-bond donors (Lipinski definition) is 1. The van der Waals surface area contributed by atoms with E-state index in [1.165, 1.54) is 12.1 Å². The van der Waals surface area contributed by atoms with Crippen molar-refractivity contribution in [2.24, 2.45) is 0 Å². The summed E-state index contributed by atoms with van der Waals surface area (Å²) in [5.41, 5.74) is 1.08. The summed E-state index contributed by atoms with van der Waals surface area (Å²) in [4.78, 5) is 23.5. The molecule has 0 saturated carbocycles. The fraction of sp³-hybridized carbons (Fsp3) is 0.0625. The van der Waals surface area contributed by atoms with E-state index in [-0.39, 0.29) is 10.6 Å². The van der Waals surface area contributed by atoms with Gasteiger partial charge < -0.3 is 10.1 Å². The van der Waals surface area contributed by atoms with Gasteiger partial charge in [0.25, 0.3) is 5.91 Å². The van der Waals surface area contributed by atoms with Crippen LogP contribution >= 0.6 is 11.6 Å². The molecule has 0 radical (unpaired) electrons. The maximum atomic E-state index is 11.8. The lowest BCUT2D eigenvalue weighted by Gasteiger charge is -2.07. The highest BCUT2D eigenvalue weighted by Gasteiger charge is 2.13. The van der Waals surface area contributed by atoms with Gasteiger partial charge in [-0.15, -0.1) is 0 Å². The summed E-state index contributed by atoms with van der Waals surface area (Å²) in [7, 11) is 0. The molecule has 6 heteroatoms. The highest BCUT2D eigenvalue weighted by atomic mass is 35.5. The first-order valence-corrected chi connectivity index (χ1v) is 6.69. The standard InChI is InChI=1S/C16H11ClN2O3/c17-14-7-2-1-6-13(14)16(21)22-10-15(20)19-12-5-3-4-11(8-12)9-18/h1-8H,10H2,(H,19,20). The average Bonchev–Trinajstić information content (AvgIpc) is 2.53. The first kappa shape index (κ1) is 15.5. The molecule has 0 saturated heterocycles. The largest absolute Gasteiger partial charge is 0.452 e. The minimum absolute atomic E-state index is 0.198. The van der Waals surface area contributed by atoms with Crippen LogP contribution in [0.2, 0.25) is 5.02 Å². The van der Waals surface area contributed by atoms with Gasteiger partial charge in [0.2, 0.25) is 0 Å². The van der Waals surface area contributed by atoms with Gasteiger partial charge in [0.15, 0.2) is 6.61 Å². The fourth-order valence-electron chi connectivity index (χ4n) is 1.70. The van der Waals surface area contributed by atoms with Crippen LogP contribution in [0.1, 0.15) is 15.9 Å². The minimum atomic E-state index is -0.675. The van der Waals surface area contributed by atoms with Crippen LogP contribution in [0.25, 0.3) is 0 Å². The second kappa shape index (κ2) is 7.25. The number of ether oxygens (including phenoxy) is 1. The van der Waals surface area contributed by atoms with Crippen LogP contribution in [0.4, 0.5) is 5.69 Å². The van der Waals surface area contributed by atoms with E-state index >= 15 is 0 Å². The number of halogens is 1. The third kappa shape index (κ3) is 4.08. The first-order valence-electron chi connectivity index (χ1n) is 6.32. The summed E-state index contributed by atoms with van der Waals surface area (Å²) < 4.78 is 4.90. The van der Waals surface area contributed by atoms with Crippen molar-refractivity contribution in [1.82, 2.24) is 0 Å². The summed E-state index contributed by atoms with van der Waals surface area (Å²) in [5.74, 6) is -1.18. The van der Waals surface area contributed by atoms with Crippen molar-refractivity contribution in [3.8, 4) is 6.07 Å². The molecule has 110 valence electrons. The SMILES string of the molecule is N#Cc1cccc(NC(=O)COC(=O)c2ccccc2Cl)c1. The lowest BCUT2D eigenvalue weighted by molar-refractivity contribution is -0.119. The topological polar surface area (TPSA) is 79.2 Å². The van der Waals surface area contributed by atoms with Gasteiger partial charge in [0.05, 0.1) is 22.2 Å². The summed E-state index contributed by atoms with van der Waals surface area (Å²) in [5, 5.41) is 11.6. The van der Waals surface area contributed by atoms with Crippen molar-refractivity contribution in [3.05, 3.63) is 64.7 Å². The number of carbonyl (C=O) groups is 2. The summed E-state index contributed by atoms with van der Waals surface area (Å²) in [6.07, 6.45) is 0. The van der Waals surface area contributed by atoms with Gasteiger partial charge >= 0.3 is 5.97 Å². The molecule has 0 aliphatic carbocycles. The van der Waals surface area contributed by atoms with Gasteiger partial charge in [0.1, 0.15) is 0 Å². The number of rotatable bonds is 4. The molecule has 2 rings (SSSR count). The predicted molar refractivity (Wildman–Crippen MR) is 81.5 cm³/mol. The second-order valence-electron chi connectivity index (χ2n) is 4.30. The smallest absolute Gasteiger partial charge is 0.340 e. The zero-order valence-electron chi connectivity index (χ0n) is 11.4. The Morgan fingerprint density at radius 1 is 1.18 bits per heavy atom. The van der Waals surface area contributed by atoms with Crippen LogP contribution in [0, 0.1) is 11.3 Å². The van der Waals surface area contributed by atoms with E-state index in [0.717, 1.165) is 0 Å². The van der Waals surface area contributed by atoms with Gasteiger partial charge in [-0.2, -0.15) is 5.26 Å². The first-order chi connectivity index (χ1) is 10.6. The molecular formula is C16H11ClN2O3. The second-order valence-corrected chi connectivity index (χ2v) is 4.70.